The van der Waals surface area contributed by atoms with Gasteiger partial charge in [0.1, 0.15) is 0 Å². The topological polar surface area (TPSA) is 112 Å². The van der Waals surface area contributed by atoms with Crippen LogP contribution in [-0.4, -0.2) is 59.2 Å². The van der Waals surface area contributed by atoms with Crippen LogP contribution in [0.3, 0.4) is 0 Å². The Labute approximate surface area is 195 Å². The summed E-state index contributed by atoms with van der Waals surface area (Å²) in [6.45, 7) is 0.692. The lowest BCUT2D eigenvalue weighted by molar-refractivity contribution is -0.119. The van der Waals surface area contributed by atoms with Gasteiger partial charge in [0.05, 0.1) is 23.8 Å². The van der Waals surface area contributed by atoms with Gasteiger partial charge in [-0.15, -0.1) is 10.2 Å². The quantitative estimate of drug-likeness (QED) is 0.506. The molecule has 0 radical (unpaired) electrons. The van der Waals surface area contributed by atoms with Crippen LogP contribution >= 0.6 is 11.8 Å². The summed E-state index contributed by atoms with van der Waals surface area (Å²) in [5.74, 6) is 2.12. The molecule has 9 nitrogen and oxygen atoms in total. The fourth-order valence-electron chi connectivity index (χ4n) is 3.87. The lowest BCUT2D eigenvalue weighted by Gasteiger charge is -2.12. The van der Waals surface area contributed by atoms with Gasteiger partial charge < -0.3 is 14.8 Å². The molecule has 0 unspecified atom stereocenters. The monoisotopic (exact) mass is 486 g/mol. The fourth-order valence-corrected chi connectivity index (χ4v) is 6.29. The molecule has 1 amide bonds. The third kappa shape index (κ3) is 4.98. The Morgan fingerprint density at radius 2 is 1.94 bits per heavy atom. The maximum absolute atomic E-state index is 12.4. The van der Waals surface area contributed by atoms with Crippen molar-refractivity contribution in [2.45, 2.75) is 24.2 Å². The van der Waals surface area contributed by atoms with Gasteiger partial charge >= 0.3 is 0 Å². The fraction of sp³-hybridized carbons (Fsp3) is 0.318. The summed E-state index contributed by atoms with van der Waals surface area (Å²) in [6, 6.07) is 15.2. The van der Waals surface area contributed by atoms with Gasteiger partial charge in [-0.3, -0.25) is 9.36 Å². The van der Waals surface area contributed by atoms with E-state index < -0.39 is 9.84 Å². The first kappa shape index (κ1) is 21.8. The van der Waals surface area contributed by atoms with E-state index >= 15 is 0 Å². The van der Waals surface area contributed by atoms with Gasteiger partial charge in [-0.1, -0.05) is 48.2 Å². The Morgan fingerprint density at radius 1 is 1.12 bits per heavy atom. The third-order valence-electron chi connectivity index (χ3n) is 5.46. The van der Waals surface area contributed by atoms with Crippen molar-refractivity contribution in [3.05, 3.63) is 54.1 Å². The van der Waals surface area contributed by atoms with Crippen molar-refractivity contribution in [1.29, 1.82) is 0 Å². The molecular weight excluding hydrogens is 464 g/mol. The molecular formula is C22H22N4O5S2. The number of hydrogen-bond acceptors (Lipinski definition) is 8. The summed E-state index contributed by atoms with van der Waals surface area (Å²) in [5, 5.41) is 12.1. The molecule has 3 heterocycles. The van der Waals surface area contributed by atoms with Crippen molar-refractivity contribution in [3.8, 4) is 22.9 Å². The zero-order chi connectivity index (χ0) is 22.8. The molecule has 1 saturated heterocycles. The van der Waals surface area contributed by atoms with Crippen LogP contribution in [0, 0.1) is 0 Å². The minimum Gasteiger partial charge on any atom is -0.454 e. The summed E-state index contributed by atoms with van der Waals surface area (Å²) in [4.78, 5) is 12.4. The van der Waals surface area contributed by atoms with E-state index in [1.807, 2.05) is 53.1 Å². The number of aromatic nitrogens is 3. The molecule has 0 aliphatic carbocycles. The van der Waals surface area contributed by atoms with Gasteiger partial charge in [0.25, 0.3) is 0 Å². The van der Waals surface area contributed by atoms with Gasteiger partial charge in [0, 0.05) is 11.6 Å². The Kier molecular flexibility index (Phi) is 5.98. The van der Waals surface area contributed by atoms with Gasteiger partial charge in [-0.05, 0) is 24.1 Å². The van der Waals surface area contributed by atoms with Gasteiger partial charge in [-0.25, -0.2) is 8.42 Å². The largest absolute Gasteiger partial charge is 0.454 e. The summed E-state index contributed by atoms with van der Waals surface area (Å²) in [6.07, 6.45) is 0.456. The zero-order valence-corrected chi connectivity index (χ0v) is 19.3. The van der Waals surface area contributed by atoms with E-state index in [9.17, 15) is 13.2 Å². The average molecular weight is 487 g/mol. The molecule has 1 atom stereocenters. The molecule has 5 rings (SSSR count). The molecule has 172 valence electrons. The number of nitrogens with one attached hydrogen (secondary N) is 1. The zero-order valence-electron chi connectivity index (χ0n) is 17.6. The molecule has 1 N–H and O–H groups in total. The molecule has 0 spiro atoms. The van der Waals surface area contributed by atoms with E-state index in [0.29, 0.717) is 35.4 Å². The highest BCUT2D eigenvalue weighted by atomic mass is 32.2. The second-order valence-corrected chi connectivity index (χ2v) is 11.1. The van der Waals surface area contributed by atoms with E-state index in [4.69, 9.17) is 9.47 Å². The Morgan fingerprint density at radius 3 is 2.73 bits per heavy atom. The first-order chi connectivity index (χ1) is 16.0. The van der Waals surface area contributed by atoms with E-state index in [-0.39, 0.29) is 36.0 Å². The van der Waals surface area contributed by atoms with Crippen molar-refractivity contribution in [3.63, 3.8) is 0 Å². The molecule has 1 fully saturated rings. The Bertz CT molecular complexity index is 1280. The predicted octanol–water partition coefficient (Wildman–Crippen LogP) is 2.12. The lowest BCUT2D eigenvalue weighted by Crippen LogP contribution is -2.36. The number of fused-ring (bicyclic) bond motifs is 1. The predicted molar refractivity (Wildman–Crippen MR) is 123 cm³/mol. The van der Waals surface area contributed by atoms with E-state index in [1.54, 1.807) is 0 Å². The number of thioether (sulfide) groups is 1. The molecule has 1 aromatic heterocycles. The maximum atomic E-state index is 12.4. The lowest BCUT2D eigenvalue weighted by atomic mass is 10.2. The van der Waals surface area contributed by atoms with Crippen molar-refractivity contribution in [2.24, 2.45) is 0 Å². The van der Waals surface area contributed by atoms with Gasteiger partial charge in [0.15, 0.2) is 32.3 Å². The van der Waals surface area contributed by atoms with Crippen molar-refractivity contribution < 1.29 is 22.7 Å². The van der Waals surface area contributed by atoms with Gasteiger partial charge in [0.2, 0.25) is 12.7 Å². The van der Waals surface area contributed by atoms with Crippen LogP contribution in [0.2, 0.25) is 0 Å². The number of rotatable bonds is 7. The number of ether oxygens (including phenoxy) is 2. The molecule has 0 saturated carbocycles. The standard InChI is InChI=1S/C22H22N4O5S2/c27-20(23-17-8-9-33(28,29)13-17)12-32-22-25-24-21(16-4-2-1-3-5-16)26(22)11-15-6-7-18-19(10-15)31-14-30-18/h1-7,10,17H,8-9,11-14H2,(H,23,27)/t17-/m0/s1. The van der Waals surface area contributed by atoms with Crippen LogP contribution in [0.15, 0.2) is 53.7 Å². The Hall–Kier alpha value is -3.05. The number of amides is 1. The minimum absolute atomic E-state index is 0.00184. The number of hydrogen-bond donors (Lipinski definition) is 1. The van der Waals surface area contributed by atoms with Crippen LogP contribution in [0.1, 0.15) is 12.0 Å². The van der Waals surface area contributed by atoms with E-state index in [0.717, 1.165) is 11.1 Å². The number of benzene rings is 2. The smallest absolute Gasteiger partial charge is 0.231 e. The molecule has 3 aromatic rings. The van der Waals surface area contributed by atoms with E-state index in [1.165, 1.54) is 11.8 Å². The highest BCUT2D eigenvalue weighted by Crippen LogP contribution is 2.33. The van der Waals surface area contributed by atoms with Crippen LogP contribution < -0.4 is 14.8 Å². The third-order valence-corrected chi connectivity index (χ3v) is 8.19. The normalized spacial score (nSPS) is 18.4. The first-order valence-corrected chi connectivity index (χ1v) is 13.3. The number of carbonyl (C=O) groups excluding carboxylic acids is 1. The maximum Gasteiger partial charge on any atom is 0.231 e. The molecule has 2 aliphatic heterocycles. The molecule has 11 heteroatoms. The Balaban J connectivity index is 1.34. The molecule has 2 aromatic carbocycles. The van der Waals surface area contributed by atoms with Crippen LogP contribution in [0.5, 0.6) is 11.5 Å². The highest BCUT2D eigenvalue weighted by Gasteiger charge is 2.29. The van der Waals surface area contributed by atoms with Crippen LogP contribution in [-0.2, 0) is 21.2 Å². The summed E-state index contributed by atoms with van der Waals surface area (Å²) < 4.78 is 36.1. The minimum atomic E-state index is -3.05. The van der Waals surface area contributed by atoms with Crippen molar-refractivity contribution >= 4 is 27.5 Å². The van der Waals surface area contributed by atoms with Crippen molar-refractivity contribution in [1.82, 2.24) is 20.1 Å². The summed E-state index contributed by atoms with van der Waals surface area (Å²) in [7, 11) is -3.05. The summed E-state index contributed by atoms with van der Waals surface area (Å²) >= 11 is 1.27. The highest BCUT2D eigenvalue weighted by molar-refractivity contribution is 7.99. The second kappa shape index (κ2) is 9.06. The average Bonchev–Trinajstić information content (AvgIpc) is 3.51. The molecule has 0 bridgehead atoms. The van der Waals surface area contributed by atoms with Gasteiger partial charge in [-0.2, -0.15) is 0 Å². The number of carbonyl (C=O) groups is 1. The molecule has 2 aliphatic rings. The molecule has 33 heavy (non-hydrogen) atoms. The van der Waals surface area contributed by atoms with Crippen molar-refractivity contribution in [2.75, 3.05) is 24.1 Å². The second-order valence-electron chi connectivity index (χ2n) is 7.90. The summed E-state index contributed by atoms with van der Waals surface area (Å²) in [5.41, 5.74) is 1.90. The van der Waals surface area contributed by atoms with E-state index in [2.05, 4.69) is 15.5 Å². The number of nitrogens with zero attached hydrogens (tertiary/aromatic N) is 3. The number of sulfone groups is 1. The first-order valence-electron chi connectivity index (χ1n) is 10.5. The van der Waals surface area contributed by atoms with Crippen LogP contribution in [0.25, 0.3) is 11.4 Å². The SMILES string of the molecule is O=C(CSc1nnc(-c2ccccc2)n1Cc1ccc2c(c1)OCO2)N[C@H]1CCS(=O)(=O)C1. The van der Waals surface area contributed by atoms with Crippen LogP contribution in [0.4, 0.5) is 0 Å².